The first-order chi connectivity index (χ1) is 9.56. The van der Waals surface area contributed by atoms with Gasteiger partial charge >= 0.3 is 0 Å². The summed E-state index contributed by atoms with van der Waals surface area (Å²) in [5, 5.41) is 0.845. The predicted molar refractivity (Wildman–Crippen MR) is 77.2 cm³/mol. The fraction of sp³-hybridized carbons (Fsp3) is 0.286. The Morgan fingerprint density at radius 2 is 2.15 bits per heavy atom. The molecule has 0 unspecified atom stereocenters. The number of benzene rings is 1. The minimum Gasteiger partial charge on any atom is -0.451 e. The van der Waals surface area contributed by atoms with Crippen LogP contribution in [0.5, 0.6) is 0 Å². The molecular formula is C14H13BrN2O3. The van der Waals surface area contributed by atoms with Crippen molar-refractivity contribution in [3.05, 3.63) is 34.5 Å². The summed E-state index contributed by atoms with van der Waals surface area (Å²) in [7, 11) is 0. The number of carbonyl (C=O) groups is 2. The molecule has 5 nitrogen and oxygen atoms in total. The van der Waals surface area contributed by atoms with Gasteiger partial charge in [0.1, 0.15) is 11.6 Å². The van der Waals surface area contributed by atoms with Crippen LogP contribution in [0.1, 0.15) is 23.4 Å². The van der Waals surface area contributed by atoms with E-state index < -0.39 is 11.9 Å². The highest BCUT2D eigenvalue weighted by Gasteiger charge is 2.34. The molecule has 2 heterocycles. The Labute approximate surface area is 123 Å². The van der Waals surface area contributed by atoms with E-state index in [0.29, 0.717) is 18.5 Å². The van der Waals surface area contributed by atoms with Crippen LogP contribution in [-0.2, 0) is 4.79 Å². The number of hydrogen-bond acceptors (Lipinski definition) is 3. The number of amides is 2. The third kappa shape index (κ3) is 2.20. The molecule has 2 N–H and O–H groups in total. The normalized spacial score (nSPS) is 18.6. The van der Waals surface area contributed by atoms with E-state index in [0.717, 1.165) is 16.3 Å². The lowest BCUT2D eigenvalue weighted by Gasteiger charge is -2.20. The van der Waals surface area contributed by atoms with E-state index in [4.69, 9.17) is 10.2 Å². The molecule has 20 heavy (non-hydrogen) atoms. The Hall–Kier alpha value is -1.82. The highest BCUT2D eigenvalue weighted by atomic mass is 79.9. The van der Waals surface area contributed by atoms with Crippen molar-refractivity contribution in [3.63, 3.8) is 0 Å². The predicted octanol–water partition coefficient (Wildman–Crippen LogP) is 2.29. The van der Waals surface area contributed by atoms with Crippen molar-refractivity contribution in [2.75, 3.05) is 6.54 Å². The highest BCUT2D eigenvalue weighted by Crippen LogP contribution is 2.26. The number of likely N-dealkylation sites (tertiary alicyclic amines) is 1. The maximum atomic E-state index is 12.4. The van der Waals surface area contributed by atoms with Crippen molar-refractivity contribution < 1.29 is 14.0 Å². The molecule has 0 saturated carbocycles. The van der Waals surface area contributed by atoms with Crippen LogP contribution in [0.15, 0.2) is 33.2 Å². The van der Waals surface area contributed by atoms with Crippen molar-refractivity contribution in [2.24, 2.45) is 5.73 Å². The van der Waals surface area contributed by atoms with Gasteiger partial charge in [0.25, 0.3) is 5.91 Å². The average molecular weight is 337 g/mol. The first-order valence-corrected chi connectivity index (χ1v) is 7.15. The van der Waals surface area contributed by atoms with E-state index in [1.54, 1.807) is 12.1 Å². The number of carbonyl (C=O) groups excluding carboxylic acids is 2. The van der Waals surface area contributed by atoms with Gasteiger partial charge in [-0.05, 0) is 37.1 Å². The van der Waals surface area contributed by atoms with Crippen molar-refractivity contribution in [1.82, 2.24) is 4.90 Å². The molecule has 0 radical (unpaired) electrons. The quantitative estimate of drug-likeness (QED) is 0.913. The first-order valence-electron chi connectivity index (χ1n) is 6.35. The molecule has 2 amide bonds. The van der Waals surface area contributed by atoms with Gasteiger partial charge in [-0.1, -0.05) is 15.9 Å². The van der Waals surface area contributed by atoms with Crippen LogP contribution in [0.3, 0.4) is 0 Å². The monoisotopic (exact) mass is 336 g/mol. The van der Waals surface area contributed by atoms with Gasteiger partial charge in [0.05, 0.1) is 0 Å². The largest absolute Gasteiger partial charge is 0.451 e. The number of furan rings is 1. The van der Waals surface area contributed by atoms with E-state index >= 15 is 0 Å². The zero-order chi connectivity index (χ0) is 14.3. The number of nitrogens with zero attached hydrogens (tertiary/aromatic N) is 1. The minimum atomic E-state index is -0.526. The van der Waals surface area contributed by atoms with E-state index in [9.17, 15) is 9.59 Å². The zero-order valence-corrected chi connectivity index (χ0v) is 12.2. The molecule has 104 valence electrons. The van der Waals surface area contributed by atoms with E-state index in [-0.39, 0.29) is 11.7 Å². The molecule has 0 bridgehead atoms. The van der Waals surface area contributed by atoms with Crippen LogP contribution in [0.4, 0.5) is 0 Å². The molecule has 3 rings (SSSR count). The van der Waals surface area contributed by atoms with Gasteiger partial charge in [-0.25, -0.2) is 0 Å². The van der Waals surface area contributed by atoms with Crippen LogP contribution >= 0.6 is 15.9 Å². The summed E-state index contributed by atoms with van der Waals surface area (Å²) >= 11 is 3.38. The summed E-state index contributed by atoms with van der Waals surface area (Å²) < 4.78 is 6.48. The van der Waals surface area contributed by atoms with Crippen molar-refractivity contribution in [1.29, 1.82) is 0 Å². The van der Waals surface area contributed by atoms with Gasteiger partial charge in [0.15, 0.2) is 5.76 Å². The fourth-order valence-electron chi connectivity index (χ4n) is 2.57. The van der Waals surface area contributed by atoms with Gasteiger partial charge in [-0.15, -0.1) is 0 Å². The molecule has 1 saturated heterocycles. The van der Waals surface area contributed by atoms with Crippen LogP contribution < -0.4 is 5.73 Å². The third-order valence-corrected chi connectivity index (χ3v) is 4.02. The lowest BCUT2D eigenvalue weighted by atomic mass is 10.2. The molecule has 6 heteroatoms. The van der Waals surface area contributed by atoms with Crippen LogP contribution in [0, 0.1) is 0 Å². The van der Waals surface area contributed by atoms with Crippen LogP contribution in [0.2, 0.25) is 0 Å². The summed E-state index contributed by atoms with van der Waals surface area (Å²) in [6, 6.07) is 6.69. The second-order valence-corrected chi connectivity index (χ2v) is 5.77. The van der Waals surface area contributed by atoms with Gasteiger partial charge in [0, 0.05) is 16.4 Å². The summed E-state index contributed by atoms with van der Waals surface area (Å²) in [4.78, 5) is 25.3. The van der Waals surface area contributed by atoms with Crippen molar-refractivity contribution in [3.8, 4) is 0 Å². The molecule has 1 aliphatic rings. The van der Waals surface area contributed by atoms with Gasteiger partial charge < -0.3 is 15.1 Å². The Morgan fingerprint density at radius 1 is 1.35 bits per heavy atom. The number of nitrogens with two attached hydrogens (primary N) is 1. The third-order valence-electron chi connectivity index (χ3n) is 3.53. The summed E-state index contributed by atoms with van der Waals surface area (Å²) in [5.74, 6) is -0.500. The Bertz CT molecular complexity index is 695. The molecule has 1 aromatic heterocycles. The number of fused-ring (bicyclic) bond motifs is 1. The maximum absolute atomic E-state index is 12.4. The molecule has 1 atom stereocenters. The molecular weight excluding hydrogens is 324 g/mol. The molecule has 1 fully saturated rings. The Balaban J connectivity index is 1.94. The van der Waals surface area contributed by atoms with E-state index in [2.05, 4.69) is 15.9 Å². The first kappa shape index (κ1) is 13.2. The second-order valence-electron chi connectivity index (χ2n) is 4.85. The zero-order valence-electron chi connectivity index (χ0n) is 10.6. The number of halogens is 1. The minimum absolute atomic E-state index is 0.242. The lowest BCUT2D eigenvalue weighted by molar-refractivity contribution is -0.121. The Morgan fingerprint density at radius 3 is 2.90 bits per heavy atom. The summed E-state index contributed by atoms with van der Waals surface area (Å²) in [6.45, 7) is 0.535. The highest BCUT2D eigenvalue weighted by molar-refractivity contribution is 9.10. The van der Waals surface area contributed by atoms with Gasteiger partial charge in [-0.2, -0.15) is 0 Å². The molecule has 1 aromatic carbocycles. The van der Waals surface area contributed by atoms with Crippen molar-refractivity contribution in [2.45, 2.75) is 18.9 Å². The van der Waals surface area contributed by atoms with Gasteiger partial charge in [-0.3, -0.25) is 9.59 Å². The number of hydrogen-bond donors (Lipinski definition) is 1. The number of primary amides is 1. The lowest BCUT2D eigenvalue weighted by Crippen LogP contribution is -2.43. The van der Waals surface area contributed by atoms with Crippen molar-refractivity contribution >= 4 is 38.7 Å². The van der Waals surface area contributed by atoms with E-state index in [1.165, 1.54) is 4.90 Å². The molecule has 1 aliphatic heterocycles. The fourth-order valence-corrected chi connectivity index (χ4v) is 2.95. The topological polar surface area (TPSA) is 76.5 Å². The van der Waals surface area contributed by atoms with Crippen LogP contribution in [-0.4, -0.2) is 29.3 Å². The summed E-state index contributed by atoms with van der Waals surface area (Å²) in [6.07, 6.45) is 1.40. The molecule has 2 aromatic rings. The smallest absolute Gasteiger partial charge is 0.290 e. The van der Waals surface area contributed by atoms with Gasteiger partial charge in [0.2, 0.25) is 5.91 Å². The van der Waals surface area contributed by atoms with E-state index in [1.807, 2.05) is 12.1 Å². The second kappa shape index (κ2) is 4.94. The maximum Gasteiger partial charge on any atom is 0.290 e. The molecule has 0 spiro atoms. The summed E-state index contributed by atoms with van der Waals surface area (Å²) in [5.41, 5.74) is 5.97. The SMILES string of the molecule is NC(=O)[C@@H]1CCCN1C(=O)c1cc2cc(Br)ccc2o1. The average Bonchev–Trinajstić information content (AvgIpc) is 3.03. The molecule has 0 aliphatic carbocycles. The number of rotatable bonds is 2. The standard InChI is InChI=1S/C14H13BrN2O3/c15-9-3-4-11-8(6-9)7-12(20-11)14(19)17-5-1-2-10(17)13(16)18/h3-4,6-7,10H,1-2,5H2,(H2,16,18)/t10-/m0/s1. The Kier molecular flexibility index (Phi) is 3.25. The van der Waals surface area contributed by atoms with Crippen LogP contribution in [0.25, 0.3) is 11.0 Å².